The number of para-hydroxylation sites is 5. The summed E-state index contributed by atoms with van der Waals surface area (Å²) in [7, 11) is 0. The maximum atomic E-state index is 2.49. The lowest BCUT2D eigenvalue weighted by Gasteiger charge is -2.23. The highest BCUT2D eigenvalue weighted by Gasteiger charge is 2.38. The fourth-order valence-corrected chi connectivity index (χ4v) is 9.38. The van der Waals surface area contributed by atoms with E-state index in [9.17, 15) is 0 Å². The zero-order valence-corrected chi connectivity index (χ0v) is 29.7. The van der Waals surface area contributed by atoms with Crippen molar-refractivity contribution < 1.29 is 0 Å². The van der Waals surface area contributed by atoms with Gasteiger partial charge in [0, 0.05) is 43.9 Å². The fraction of sp³-hybridized carbons (Fsp3) is 0.0588. The summed E-state index contributed by atoms with van der Waals surface area (Å²) in [5.74, 6) is 0. The van der Waals surface area contributed by atoms with Crippen LogP contribution in [-0.4, -0.2) is 9.13 Å². The molecule has 0 saturated carbocycles. The topological polar surface area (TPSA) is 9.86 Å². The van der Waals surface area contributed by atoms with Gasteiger partial charge in [-0.2, -0.15) is 0 Å². The molecule has 0 N–H and O–H groups in total. The molecule has 2 heterocycles. The van der Waals surface area contributed by atoms with Crippen molar-refractivity contribution >= 4 is 43.6 Å². The van der Waals surface area contributed by atoms with Crippen LogP contribution in [0.3, 0.4) is 0 Å². The molecule has 2 nitrogen and oxygen atoms in total. The molecular weight excluding hydrogens is 641 g/mol. The maximum absolute atomic E-state index is 2.49. The summed E-state index contributed by atoms with van der Waals surface area (Å²) in [6, 6.07) is 67.0. The van der Waals surface area contributed by atoms with Gasteiger partial charge in [0.2, 0.25) is 0 Å². The highest BCUT2D eigenvalue weighted by atomic mass is 15.0. The second kappa shape index (κ2) is 11.2. The van der Waals surface area contributed by atoms with E-state index in [1.54, 1.807) is 0 Å². The minimum Gasteiger partial charge on any atom is -0.309 e. The van der Waals surface area contributed by atoms with Gasteiger partial charge in [0.1, 0.15) is 0 Å². The van der Waals surface area contributed by atoms with E-state index in [4.69, 9.17) is 0 Å². The Labute approximate surface area is 308 Å². The average molecular weight is 677 g/mol. The third-order valence-electron chi connectivity index (χ3n) is 11.7. The van der Waals surface area contributed by atoms with Crippen LogP contribution in [0.4, 0.5) is 0 Å². The highest BCUT2D eigenvalue weighted by molar-refractivity contribution is 6.18. The summed E-state index contributed by atoms with van der Waals surface area (Å²) in [5.41, 5.74) is 17.5. The van der Waals surface area contributed by atoms with Crippen molar-refractivity contribution in [1.82, 2.24) is 9.13 Å². The Bertz CT molecular complexity index is 3070. The van der Waals surface area contributed by atoms with E-state index in [0.717, 1.165) is 0 Å². The maximum Gasteiger partial charge on any atom is 0.0619 e. The first-order valence-electron chi connectivity index (χ1n) is 18.5. The summed E-state index contributed by atoms with van der Waals surface area (Å²) < 4.78 is 4.89. The lowest BCUT2D eigenvalue weighted by Crippen LogP contribution is -2.15. The van der Waals surface area contributed by atoms with Crippen LogP contribution in [-0.2, 0) is 5.41 Å². The molecule has 0 amide bonds. The minimum absolute atomic E-state index is 0.178. The van der Waals surface area contributed by atoms with E-state index in [1.165, 1.54) is 99.5 Å². The number of nitrogens with zero attached hydrogens (tertiary/aromatic N) is 2. The van der Waals surface area contributed by atoms with Gasteiger partial charge in [-0.1, -0.05) is 141 Å². The molecule has 1 aliphatic rings. The molecule has 53 heavy (non-hydrogen) atoms. The van der Waals surface area contributed by atoms with Crippen LogP contribution in [0.1, 0.15) is 25.0 Å². The predicted octanol–water partition coefficient (Wildman–Crippen LogP) is 13.5. The Morgan fingerprint density at radius 1 is 0.377 bits per heavy atom. The third-order valence-corrected chi connectivity index (χ3v) is 11.7. The van der Waals surface area contributed by atoms with E-state index in [0.29, 0.717) is 0 Å². The lowest BCUT2D eigenvalue weighted by atomic mass is 9.80. The molecule has 10 aromatic rings. The molecule has 1 aliphatic carbocycles. The zero-order chi connectivity index (χ0) is 35.3. The first-order valence-corrected chi connectivity index (χ1v) is 18.5. The number of rotatable bonds is 4. The van der Waals surface area contributed by atoms with Crippen molar-refractivity contribution in [2.24, 2.45) is 0 Å². The van der Waals surface area contributed by atoms with Gasteiger partial charge in [0.15, 0.2) is 0 Å². The quantitative estimate of drug-likeness (QED) is 0.176. The normalized spacial score (nSPS) is 13.2. The fourth-order valence-electron chi connectivity index (χ4n) is 9.38. The smallest absolute Gasteiger partial charge is 0.0619 e. The van der Waals surface area contributed by atoms with E-state index in [-0.39, 0.29) is 5.41 Å². The van der Waals surface area contributed by atoms with Crippen molar-refractivity contribution in [3.63, 3.8) is 0 Å². The molecule has 0 spiro atoms. The molecule has 8 aromatic carbocycles. The number of fused-ring (bicyclic) bond motifs is 9. The Morgan fingerprint density at radius 2 is 0.925 bits per heavy atom. The first-order chi connectivity index (χ1) is 26.1. The molecule has 0 atom stereocenters. The number of aromatic nitrogens is 2. The van der Waals surface area contributed by atoms with Gasteiger partial charge in [-0.3, -0.25) is 0 Å². The van der Waals surface area contributed by atoms with Gasteiger partial charge in [-0.05, 0) is 93.5 Å². The number of benzene rings is 8. The molecule has 2 aromatic heterocycles. The summed E-state index contributed by atoms with van der Waals surface area (Å²) in [6.45, 7) is 4.79. The lowest BCUT2D eigenvalue weighted by molar-refractivity contribution is 0.661. The monoisotopic (exact) mass is 676 g/mol. The Balaban J connectivity index is 1.28. The molecule has 2 heteroatoms. The van der Waals surface area contributed by atoms with E-state index < -0.39 is 0 Å². The van der Waals surface area contributed by atoms with Crippen molar-refractivity contribution in [2.75, 3.05) is 0 Å². The van der Waals surface area contributed by atoms with Crippen LogP contribution in [0.5, 0.6) is 0 Å². The average Bonchev–Trinajstić information content (AvgIpc) is 3.82. The molecule has 250 valence electrons. The number of hydrogen-bond donors (Lipinski definition) is 0. The Hall–Kier alpha value is -6.64. The molecule has 0 fully saturated rings. The number of hydrogen-bond acceptors (Lipinski definition) is 0. The second-order valence-electron chi connectivity index (χ2n) is 14.9. The van der Waals surface area contributed by atoms with Gasteiger partial charge in [-0.25, -0.2) is 0 Å². The third kappa shape index (κ3) is 4.21. The zero-order valence-electron chi connectivity index (χ0n) is 29.7. The van der Waals surface area contributed by atoms with Crippen molar-refractivity contribution in [2.45, 2.75) is 19.3 Å². The SMILES string of the molecule is CC1(C)c2ccccc2-c2c(-c3cccc4c3c3ccccc3n4-c3ccccc3)cc(-c3cccc4c5ccccc5n(-c5ccccc5)c34)cc21. The molecule has 0 bridgehead atoms. The standard InChI is InChI=1S/C51H36N2/c1-51(2)43-27-12-9-22-40(43)48-42(38-25-16-30-47-49(38)41-23-11-14-29-46(41)52(47)34-17-5-3-6-18-34)31-33(32-44(48)51)36-24-15-26-39-37-21-10-13-28-45(37)53(50(36)39)35-19-7-4-8-20-35/h3-32H,1-2H3. The molecular formula is C51H36N2. The second-order valence-corrected chi connectivity index (χ2v) is 14.9. The largest absolute Gasteiger partial charge is 0.309 e. The Kier molecular flexibility index (Phi) is 6.33. The molecule has 0 unspecified atom stereocenters. The summed E-state index contributed by atoms with van der Waals surface area (Å²) >= 11 is 0. The first kappa shape index (κ1) is 30.0. The van der Waals surface area contributed by atoms with E-state index >= 15 is 0 Å². The predicted molar refractivity (Wildman–Crippen MR) is 224 cm³/mol. The summed E-state index contributed by atoms with van der Waals surface area (Å²) in [4.78, 5) is 0. The van der Waals surface area contributed by atoms with E-state index in [2.05, 4.69) is 205 Å². The molecule has 11 rings (SSSR count). The van der Waals surface area contributed by atoms with Crippen LogP contribution in [0, 0.1) is 0 Å². The van der Waals surface area contributed by atoms with Crippen LogP contribution >= 0.6 is 0 Å². The Morgan fingerprint density at radius 3 is 1.70 bits per heavy atom. The summed E-state index contributed by atoms with van der Waals surface area (Å²) in [5, 5.41) is 5.07. The van der Waals surface area contributed by atoms with Gasteiger partial charge >= 0.3 is 0 Å². The highest BCUT2D eigenvalue weighted by Crippen LogP contribution is 2.55. The van der Waals surface area contributed by atoms with Crippen molar-refractivity contribution in [3.8, 4) is 44.8 Å². The van der Waals surface area contributed by atoms with Gasteiger partial charge in [0.25, 0.3) is 0 Å². The van der Waals surface area contributed by atoms with Gasteiger partial charge in [0.05, 0.1) is 22.1 Å². The van der Waals surface area contributed by atoms with E-state index in [1.807, 2.05) is 0 Å². The molecule has 0 saturated heterocycles. The van der Waals surface area contributed by atoms with Crippen LogP contribution in [0.25, 0.3) is 88.4 Å². The molecule has 0 aliphatic heterocycles. The minimum atomic E-state index is -0.178. The van der Waals surface area contributed by atoms with Gasteiger partial charge < -0.3 is 9.13 Å². The molecule has 0 radical (unpaired) electrons. The van der Waals surface area contributed by atoms with Crippen molar-refractivity contribution in [1.29, 1.82) is 0 Å². The van der Waals surface area contributed by atoms with Gasteiger partial charge in [-0.15, -0.1) is 0 Å². The van der Waals surface area contributed by atoms with Crippen LogP contribution < -0.4 is 0 Å². The summed E-state index contributed by atoms with van der Waals surface area (Å²) in [6.07, 6.45) is 0. The van der Waals surface area contributed by atoms with Crippen LogP contribution in [0.2, 0.25) is 0 Å². The van der Waals surface area contributed by atoms with Crippen LogP contribution in [0.15, 0.2) is 182 Å². The van der Waals surface area contributed by atoms with Crippen molar-refractivity contribution in [3.05, 3.63) is 193 Å².